The SMILES string of the molecule is COC(=O)[C@@H](N)C(C)C.[Pd]. The zero-order chi connectivity index (χ0) is 7.44. The molecule has 0 saturated heterocycles. The van der Waals surface area contributed by atoms with Crippen LogP contribution in [-0.4, -0.2) is 19.1 Å². The van der Waals surface area contributed by atoms with Crippen LogP contribution in [-0.2, 0) is 30.0 Å². The van der Waals surface area contributed by atoms with Crippen LogP contribution in [0.2, 0.25) is 0 Å². The number of hydrogen-bond acceptors (Lipinski definition) is 3. The number of methoxy groups -OCH3 is 1. The van der Waals surface area contributed by atoms with Crippen molar-refractivity contribution >= 4 is 5.97 Å². The summed E-state index contributed by atoms with van der Waals surface area (Å²) >= 11 is 0. The van der Waals surface area contributed by atoms with E-state index in [1.807, 2.05) is 13.8 Å². The van der Waals surface area contributed by atoms with E-state index in [2.05, 4.69) is 4.74 Å². The summed E-state index contributed by atoms with van der Waals surface area (Å²) in [5, 5.41) is 0. The molecule has 64 valence electrons. The predicted molar refractivity (Wildman–Crippen MR) is 34.8 cm³/mol. The molecule has 0 aliphatic rings. The quantitative estimate of drug-likeness (QED) is 0.549. The molecule has 0 aliphatic carbocycles. The number of rotatable bonds is 2. The van der Waals surface area contributed by atoms with Gasteiger partial charge in [0.1, 0.15) is 6.04 Å². The van der Waals surface area contributed by atoms with Crippen LogP contribution in [0.1, 0.15) is 13.8 Å². The second-order valence-electron chi connectivity index (χ2n) is 2.29. The Kier molecular flexibility index (Phi) is 7.45. The van der Waals surface area contributed by atoms with Crippen molar-refractivity contribution in [3.8, 4) is 0 Å². The van der Waals surface area contributed by atoms with Gasteiger partial charge in [0.25, 0.3) is 0 Å². The molecule has 0 aromatic rings. The maximum absolute atomic E-state index is 10.6. The normalized spacial score (nSPS) is 12.1. The van der Waals surface area contributed by atoms with Gasteiger partial charge in [0, 0.05) is 20.4 Å². The molecule has 0 bridgehead atoms. The van der Waals surface area contributed by atoms with Crippen LogP contribution in [0.3, 0.4) is 0 Å². The Bertz CT molecular complexity index is 106. The zero-order valence-electron chi connectivity index (χ0n) is 6.36. The van der Waals surface area contributed by atoms with Crippen molar-refractivity contribution in [1.29, 1.82) is 0 Å². The van der Waals surface area contributed by atoms with Gasteiger partial charge in [-0.25, -0.2) is 0 Å². The minimum atomic E-state index is -0.477. The van der Waals surface area contributed by atoms with E-state index in [9.17, 15) is 4.79 Å². The molecule has 1 atom stereocenters. The van der Waals surface area contributed by atoms with E-state index in [1.54, 1.807) is 0 Å². The van der Waals surface area contributed by atoms with Gasteiger partial charge in [-0.1, -0.05) is 13.8 Å². The van der Waals surface area contributed by atoms with E-state index in [0.717, 1.165) is 0 Å². The monoisotopic (exact) mass is 237 g/mol. The van der Waals surface area contributed by atoms with Crippen molar-refractivity contribution in [1.82, 2.24) is 0 Å². The molecule has 0 spiro atoms. The van der Waals surface area contributed by atoms with E-state index in [-0.39, 0.29) is 32.3 Å². The van der Waals surface area contributed by atoms with E-state index in [0.29, 0.717) is 0 Å². The molecule has 4 heteroatoms. The summed E-state index contributed by atoms with van der Waals surface area (Å²) in [4.78, 5) is 10.6. The van der Waals surface area contributed by atoms with E-state index >= 15 is 0 Å². The van der Waals surface area contributed by atoms with Gasteiger partial charge in [0.15, 0.2) is 0 Å². The summed E-state index contributed by atoms with van der Waals surface area (Å²) in [5.41, 5.74) is 5.40. The molecule has 0 aliphatic heterocycles. The van der Waals surface area contributed by atoms with Crippen LogP contribution in [0.4, 0.5) is 0 Å². The Balaban J connectivity index is 0. The van der Waals surface area contributed by atoms with Crippen LogP contribution in [0.5, 0.6) is 0 Å². The molecule has 3 nitrogen and oxygen atoms in total. The molecule has 0 fully saturated rings. The van der Waals surface area contributed by atoms with E-state index in [4.69, 9.17) is 5.73 Å². The van der Waals surface area contributed by atoms with Gasteiger partial charge in [-0.2, -0.15) is 0 Å². The number of ether oxygens (including phenoxy) is 1. The fourth-order valence-electron chi connectivity index (χ4n) is 0.408. The van der Waals surface area contributed by atoms with Gasteiger partial charge >= 0.3 is 5.97 Å². The summed E-state index contributed by atoms with van der Waals surface area (Å²) in [6.45, 7) is 3.75. The molecule has 10 heavy (non-hydrogen) atoms. The number of nitrogens with two attached hydrogens (primary N) is 1. The van der Waals surface area contributed by atoms with Gasteiger partial charge in [-0.3, -0.25) is 4.79 Å². The minimum absolute atomic E-state index is 0. The Morgan fingerprint density at radius 3 is 2.00 bits per heavy atom. The van der Waals surface area contributed by atoms with Crippen LogP contribution in [0.15, 0.2) is 0 Å². The predicted octanol–water partition coefficient (Wildman–Crippen LogP) is 0.140. The third-order valence-corrected chi connectivity index (χ3v) is 1.19. The Morgan fingerprint density at radius 2 is 1.90 bits per heavy atom. The van der Waals surface area contributed by atoms with Crippen LogP contribution in [0.25, 0.3) is 0 Å². The number of carbonyl (C=O) groups excluding carboxylic acids is 1. The second kappa shape index (κ2) is 5.85. The summed E-state index contributed by atoms with van der Waals surface area (Å²) in [6, 6.07) is -0.477. The summed E-state index contributed by atoms with van der Waals surface area (Å²) < 4.78 is 4.41. The molecule has 0 rings (SSSR count). The van der Waals surface area contributed by atoms with Crippen molar-refractivity contribution in [3.05, 3.63) is 0 Å². The van der Waals surface area contributed by atoms with Gasteiger partial charge in [0.2, 0.25) is 0 Å². The molecule has 0 unspecified atom stereocenters. The topological polar surface area (TPSA) is 52.3 Å². The molecule has 0 aromatic heterocycles. The largest absolute Gasteiger partial charge is 0.468 e. The first-order valence-corrected chi connectivity index (χ1v) is 2.93. The van der Waals surface area contributed by atoms with E-state index < -0.39 is 6.04 Å². The fourth-order valence-corrected chi connectivity index (χ4v) is 0.408. The smallest absolute Gasteiger partial charge is 0.322 e. The van der Waals surface area contributed by atoms with Crippen LogP contribution in [0, 0.1) is 5.92 Å². The molecule has 0 amide bonds. The molecule has 0 heterocycles. The molecule has 2 N–H and O–H groups in total. The first kappa shape index (κ1) is 12.7. The maximum atomic E-state index is 10.6. The van der Waals surface area contributed by atoms with Crippen molar-refractivity contribution in [2.45, 2.75) is 19.9 Å². The summed E-state index contributed by atoms with van der Waals surface area (Å²) in [6.07, 6.45) is 0. The van der Waals surface area contributed by atoms with E-state index in [1.165, 1.54) is 7.11 Å². The zero-order valence-corrected chi connectivity index (χ0v) is 7.92. The van der Waals surface area contributed by atoms with Gasteiger partial charge in [-0.15, -0.1) is 0 Å². The van der Waals surface area contributed by atoms with Crippen molar-refractivity contribution in [2.75, 3.05) is 7.11 Å². The fraction of sp³-hybridized carbons (Fsp3) is 0.833. The van der Waals surface area contributed by atoms with Gasteiger partial charge < -0.3 is 10.5 Å². The third-order valence-electron chi connectivity index (χ3n) is 1.19. The van der Waals surface area contributed by atoms with Crippen molar-refractivity contribution in [3.63, 3.8) is 0 Å². The molecule has 0 radical (unpaired) electrons. The van der Waals surface area contributed by atoms with Gasteiger partial charge in [-0.05, 0) is 5.92 Å². The number of esters is 1. The van der Waals surface area contributed by atoms with Gasteiger partial charge in [0.05, 0.1) is 7.11 Å². The number of carbonyl (C=O) groups is 1. The van der Waals surface area contributed by atoms with Crippen molar-refractivity contribution < 1.29 is 30.0 Å². The third kappa shape index (κ3) is 4.00. The minimum Gasteiger partial charge on any atom is -0.468 e. The first-order valence-electron chi connectivity index (χ1n) is 2.93. The molecule has 0 saturated carbocycles. The summed E-state index contributed by atoms with van der Waals surface area (Å²) in [7, 11) is 1.34. The Morgan fingerprint density at radius 1 is 1.50 bits per heavy atom. The average Bonchev–Trinajstić information content (AvgIpc) is 1.84. The summed E-state index contributed by atoms with van der Waals surface area (Å²) in [5.74, 6) is -0.192. The van der Waals surface area contributed by atoms with Crippen LogP contribution < -0.4 is 5.73 Å². The Labute approximate surface area is 75.0 Å². The first-order chi connectivity index (χ1) is 4.09. The molecule has 0 aromatic carbocycles. The average molecular weight is 238 g/mol. The Hall–Kier alpha value is 0.0923. The standard InChI is InChI=1S/C6H13NO2.Pd/c1-4(2)5(7)6(8)9-3;/h4-5H,7H2,1-3H3;/t5-;/m0./s1. The maximum Gasteiger partial charge on any atom is 0.322 e. The number of hydrogen-bond donors (Lipinski definition) is 1. The second-order valence-corrected chi connectivity index (χ2v) is 2.29. The van der Waals surface area contributed by atoms with Crippen molar-refractivity contribution in [2.24, 2.45) is 11.7 Å². The van der Waals surface area contributed by atoms with Crippen LogP contribution >= 0.6 is 0 Å². The molecular weight excluding hydrogens is 224 g/mol. The molecular formula is C6H13NO2Pd.